The van der Waals surface area contributed by atoms with Crippen molar-refractivity contribution in [1.29, 1.82) is 0 Å². The van der Waals surface area contributed by atoms with Gasteiger partial charge in [-0.1, -0.05) is 119 Å². The summed E-state index contributed by atoms with van der Waals surface area (Å²) in [5.41, 5.74) is 0. The van der Waals surface area contributed by atoms with Crippen molar-refractivity contribution in [3.05, 3.63) is 0 Å². The van der Waals surface area contributed by atoms with E-state index in [1.165, 1.54) is 0 Å². The monoisotopic (exact) mass is 692 g/mol. The molecule has 0 aromatic carbocycles. The molecule has 0 aromatic heterocycles. The quantitative estimate of drug-likeness (QED) is 0.0422. The Morgan fingerprint density at radius 3 is 0.500 bits per heavy atom. The Balaban J connectivity index is -0.000000285. The second-order valence-corrected chi connectivity index (χ2v) is 12.5. The normalized spacial score (nSPS) is 10.0. The van der Waals surface area contributed by atoms with Crippen molar-refractivity contribution < 1.29 is 45.8 Å². The predicted octanol–water partition coefficient (Wildman–Crippen LogP) is 11.0. The Morgan fingerprint density at radius 2 is 0.391 bits per heavy atom. The van der Waals surface area contributed by atoms with Crippen LogP contribution in [0.2, 0.25) is 0 Å². The minimum atomic E-state index is 0. The molecule has 0 saturated heterocycles. The first-order valence-electron chi connectivity index (χ1n) is 18.7. The van der Waals surface area contributed by atoms with Crippen LogP contribution in [0, 0.1) is 0 Å². The van der Waals surface area contributed by atoms with Crippen LogP contribution in [-0.2, 0) is 45.8 Å². The van der Waals surface area contributed by atoms with Crippen LogP contribution in [0.4, 0.5) is 0 Å². The molecule has 0 aliphatic carbocycles. The fraction of sp³-hybridized carbons (Fsp3) is 0.846. The van der Waals surface area contributed by atoms with E-state index in [0.717, 1.165) is 116 Å². The zero-order chi connectivity index (χ0) is 34.6. The van der Waals surface area contributed by atoms with Crippen LogP contribution in [0.1, 0.15) is 215 Å². The van der Waals surface area contributed by atoms with E-state index in [4.69, 9.17) is 0 Å². The molecule has 0 spiro atoms. The van der Waals surface area contributed by atoms with Gasteiger partial charge in [0.1, 0.15) is 34.7 Å². The Hall–Kier alpha value is -1.46. The van der Waals surface area contributed by atoms with Crippen molar-refractivity contribution >= 4 is 34.7 Å². The van der Waals surface area contributed by atoms with Gasteiger partial charge in [0, 0.05) is 55.6 Å². The number of hydrogen-bond acceptors (Lipinski definition) is 6. The Morgan fingerprint density at radius 1 is 0.261 bits per heavy atom. The number of Topliss-reactive ketones (excluding diaryl/α,β-unsaturated/α-hetero) is 6. The minimum Gasteiger partial charge on any atom is -0.299 e. The van der Waals surface area contributed by atoms with E-state index in [1.54, 1.807) is 0 Å². The molecule has 0 atom stereocenters. The molecule has 0 aromatic rings. The second-order valence-electron chi connectivity index (χ2n) is 12.5. The van der Waals surface area contributed by atoms with Gasteiger partial charge < -0.3 is 0 Å². The van der Waals surface area contributed by atoms with Crippen LogP contribution >= 0.6 is 0 Å². The topological polar surface area (TPSA) is 102 Å². The number of rotatable bonds is 30. The summed E-state index contributed by atoms with van der Waals surface area (Å²) < 4.78 is 0. The Labute approximate surface area is 294 Å². The van der Waals surface area contributed by atoms with Crippen LogP contribution in [-0.4, -0.2) is 34.7 Å². The molecule has 272 valence electrons. The molecular weight excluding hydrogens is 620 g/mol. The summed E-state index contributed by atoms with van der Waals surface area (Å²) in [4.78, 5) is 68.0. The van der Waals surface area contributed by atoms with Crippen molar-refractivity contribution in [1.82, 2.24) is 0 Å². The summed E-state index contributed by atoms with van der Waals surface area (Å²) in [5.74, 6) is 0.777. The van der Waals surface area contributed by atoms with E-state index in [1.807, 2.05) is 0 Å². The van der Waals surface area contributed by atoms with Gasteiger partial charge >= 0.3 is 0 Å². The molecular formula is C39H72FeO6. The number of carbonyl (C=O) groups is 6. The summed E-state index contributed by atoms with van der Waals surface area (Å²) >= 11 is 0. The van der Waals surface area contributed by atoms with Crippen molar-refractivity contribution in [2.45, 2.75) is 215 Å². The molecule has 0 amide bonds. The molecule has 6 nitrogen and oxygen atoms in total. The SMILES string of the molecule is CCCCCC(=O)CC(=O)CCCCC.CCCCCC(=O)CC(=O)CCCCC.CCCCCC(=O)CC(=O)CCCCC.[Fe]. The van der Waals surface area contributed by atoms with Crippen LogP contribution in [0.3, 0.4) is 0 Å². The predicted molar refractivity (Wildman–Crippen MR) is 189 cm³/mol. The number of hydrogen-bond donors (Lipinski definition) is 0. The van der Waals surface area contributed by atoms with Crippen LogP contribution < -0.4 is 0 Å². The van der Waals surface area contributed by atoms with E-state index < -0.39 is 0 Å². The Kier molecular flexibility index (Phi) is 46.4. The fourth-order valence-corrected chi connectivity index (χ4v) is 4.62. The number of unbranched alkanes of at least 4 members (excludes halogenated alkanes) is 12. The molecule has 0 bridgehead atoms. The van der Waals surface area contributed by atoms with Gasteiger partial charge in [0.15, 0.2) is 0 Å². The van der Waals surface area contributed by atoms with E-state index >= 15 is 0 Å². The van der Waals surface area contributed by atoms with Gasteiger partial charge in [0.2, 0.25) is 0 Å². The average molecular weight is 693 g/mol. The maximum Gasteiger partial charge on any atom is 0.140 e. The van der Waals surface area contributed by atoms with Crippen molar-refractivity contribution in [2.75, 3.05) is 0 Å². The summed E-state index contributed by atoms with van der Waals surface area (Å²) in [5, 5.41) is 0. The van der Waals surface area contributed by atoms with Crippen molar-refractivity contribution in [3.8, 4) is 0 Å². The zero-order valence-electron chi connectivity index (χ0n) is 30.9. The van der Waals surface area contributed by atoms with Gasteiger partial charge in [0.25, 0.3) is 0 Å². The number of carbonyl (C=O) groups excluding carboxylic acids is 6. The molecule has 0 aliphatic rings. The summed E-state index contributed by atoms with van der Waals surface area (Å²) in [6, 6.07) is 0. The Bertz CT molecular complexity index is 602. The van der Waals surface area contributed by atoms with E-state index in [-0.39, 0.29) is 71.0 Å². The molecule has 0 N–H and O–H groups in total. The molecule has 0 unspecified atom stereocenters. The molecule has 0 heterocycles. The zero-order valence-corrected chi connectivity index (χ0v) is 32.0. The van der Waals surface area contributed by atoms with Gasteiger partial charge in [-0.3, -0.25) is 28.8 Å². The van der Waals surface area contributed by atoms with Gasteiger partial charge in [-0.15, -0.1) is 0 Å². The average Bonchev–Trinajstić information content (AvgIpc) is 2.98. The third-order valence-electron chi connectivity index (χ3n) is 7.54. The van der Waals surface area contributed by atoms with Crippen molar-refractivity contribution in [3.63, 3.8) is 0 Å². The number of ketones is 6. The summed E-state index contributed by atoms with van der Waals surface area (Å²) in [6.07, 6.45) is 23.0. The van der Waals surface area contributed by atoms with Gasteiger partial charge in [0.05, 0.1) is 19.3 Å². The second kappa shape index (κ2) is 41.6. The summed E-state index contributed by atoms with van der Waals surface area (Å²) in [6.45, 7) is 12.7. The minimum absolute atomic E-state index is 0. The van der Waals surface area contributed by atoms with E-state index in [0.29, 0.717) is 38.5 Å². The maximum absolute atomic E-state index is 11.3. The van der Waals surface area contributed by atoms with Gasteiger partial charge in [-0.2, -0.15) is 0 Å². The molecule has 0 radical (unpaired) electrons. The molecule has 46 heavy (non-hydrogen) atoms. The first-order chi connectivity index (χ1) is 21.6. The molecule has 0 fully saturated rings. The van der Waals surface area contributed by atoms with Crippen LogP contribution in [0.15, 0.2) is 0 Å². The fourth-order valence-electron chi connectivity index (χ4n) is 4.62. The summed E-state index contributed by atoms with van der Waals surface area (Å²) in [7, 11) is 0. The molecule has 0 saturated carbocycles. The van der Waals surface area contributed by atoms with Gasteiger partial charge in [-0.25, -0.2) is 0 Å². The van der Waals surface area contributed by atoms with Crippen LogP contribution in [0.25, 0.3) is 0 Å². The first-order valence-corrected chi connectivity index (χ1v) is 18.7. The molecule has 7 heteroatoms. The van der Waals surface area contributed by atoms with Gasteiger partial charge in [-0.05, 0) is 38.5 Å². The maximum atomic E-state index is 11.3. The van der Waals surface area contributed by atoms with Crippen LogP contribution in [0.5, 0.6) is 0 Å². The van der Waals surface area contributed by atoms with E-state index in [2.05, 4.69) is 41.5 Å². The van der Waals surface area contributed by atoms with E-state index in [9.17, 15) is 28.8 Å². The largest absolute Gasteiger partial charge is 0.299 e. The third-order valence-corrected chi connectivity index (χ3v) is 7.54. The third kappa shape index (κ3) is 44.7. The standard InChI is InChI=1S/3C13H24O2.Fe/c3*1-3-5-7-9-12(14)11-13(15)10-8-6-4-2;/h3*3-11H2,1-2H3;. The molecule has 0 rings (SSSR count). The first kappa shape index (κ1) is 51.4. The van der Waals surface area contributed by atoms with Crippen molar-refractivity contribution in [2.24, 2.45) is 0 Å². The smallest absolute Gasteiger partial charge is 0.140 e. The molecule has 0 aliphatic heterocycles.